The van der Waals surface area contributed by atoms with Crippen LogP contribution in [-0.2, 0) is 6.42 Å². The highest BCUT2D eigenvalue weighted by Crippen LogP contribution is 2.40. The van der Waals surface area contributed by atoms with Gasteiger partial charge in [0.2, 0.25) is 0 Å². The van der Waals surface area contributed by atoms with E-state index >= 15 is 0 Å². The van der Waals surface area contributed by atoms with Crippen molar-refractivity contribution in [2.75, 3.05) is 0 Å². The summed E-state index contributed by atoms with van der Waals surface area (Å²) in [6.45, 7) is 14.2. The summed E-state index contributed by atoms with van der Waals surface area (Å²) < 4.78 is 0. The lowest BCUT2D eigenvalue weighted by Gasteiger charge is -2.38. The fraction of sp³-hybridized carbons (Fsp3) is 0.556. The van der Waals surface area contributed by atoms with Crippen LogP contribution in [-0.4, -0.2) is 8.07 Å². The number of hydrogen-bond donors (Lipinski definition) is 0. The molecule has 0 bridgehead atoms. The van der Waals surface area contributed by atoms with Gasteiger partial charge in [-0.15, -0.1) is 11.5 Å². The van der Waals surface area contributed by atoms with Crippen LogP contribution in [0.1, 0.15) is 47.1 Å². The minimum Gasteiger partial charge on any atom is -0.130 e. The highest BCUT2D eigenvalue weighted by molar-refractivity contribution is 6.90. The SMILES string of the molecule is CC(C)[Si](C#CCc1ccccc1)(C(C)C)C(C)C. The van der Waals surface area contributed by atoms with Gasteiger partial charge in [0, 0.05) is 6.42 Å². The summed E-state index contributed by atoms with van der Waals surface area (Å²) >= 11 is 0. The smallest absolute Gasteiger partial charge is 0.130 e. The highest BCUT2D eigenvalue weighted by atomic mass is 28.3. The maximum atomic E-state index is 3.77. The summed E-state index contributed by atoms with van der Waals surface area (Å²) in [6.07, 6.45) is 0.891. The molecular weight excluding hydrogens is 244 g/mol. The maximum absolute atomic E-state index is 3.77. The zero-order chi connectivity index (χ0) is 14.5. The summed E-state index contributed by atoms with van der Waals surface area (Å²) in [7, 11) is -1.54. The first-order chi connectivity index (χ1) is 8.91. The Kier molecular flexibility index (Phi) is 5.88. The van der Waals surface area contributed by atoms with Crippen LogP contribution < -0.4 is 0 Å². The minimum atomic E-state index is -1.54. The van der Waals surface area contributed by atoms with Gasteiger partial charge in [-0.1, -0.05) is 71.9 Å². The largest absolute Gasteiger partial charge is 0.145 e. The van der Waals surface area contributed by atoms with Gasteiger partial charge >= 0.3 is 0 Å². The number of hydrogen-bond acceptors (Lipinski definition) is 0. The average molecular weight is 273 g/mol. The molecule has 1 rings (SSSR count). The van der Waals surface area contributed by atoms with E-state index in [0.717, 1.165) is 23.0 Å². The van der Waals surface area contributed by atoms with Crippen LogP contribution in [0.3, 0.4) is 0 Å². The summed E-state index contributed by atoms with van der Waals surface area (Å²) in [5, 5.41) is 0. The van der Waals surface area contributed by atoms with Crippen molar-refractivity contribution in [3.05, 3.63) is 35.9 Å². The number of rotatable bonds is 4. The normalized spacial score (nSPS) is 11.8. The third-order valence-corrected chi connectivity index (χ3v) is 10.6. The summed E-state index contributed by atoms with van der Waals surface area (Å²) in [4.78, 5) is 0. The third-order valence-electron chi connectivity index (χ3n) is 4.31. The van der Waals surface area contributed by atoms with Crippen molar-refractivity contribution >= 4 is 8.07 Å². The van der Waals surface area contributed by atoms with E-state index in [1.165, 1.54) is 5.56 Å². The molecule has 0 N–H and O–H groups in total. The van der Waals surface area contributed by atoms with Crippen LogP contribution in [0.25, 0.3) is 0 Å². The summed E-state index contributed by atoms with van der Waals surface area (Å²) in [5.74, 6) is 3.50. The quantitative estimate of drug-likeness (QED) is 0.505. The predicted octanol–water partition coefficient (Wildman–Crippen LogP) is 5.45. The Morgan fingerprint density at radius 2 is 1.32 bits per heavy atom. The molecule has 0 saturated carbocycles. The first-order valence-corrected chi connectivity index (χ1v) is 9.68. The van der Waals surface area contributed by atoms with Crippen molar-refractivity contribution < 1.29 is 0 Å². The Hall–Kier alpha value is -1.00. The molecule has 104 valence electrons. The monoisotopic (exact) mass is 272 g/mol. The standard InChI is InChI=1S/C18H28Si/c1-15(2)19(16(3)4,17(5)6)14-10-13-18-11-8-7-9-12-18/h7-9,11-12,15-17H,13H2,1-6H3. The van der Waals surface area contributed by atoms with Crippen LogP contribution in [0.4, 0.5) is 0 Å². The lowest BCUT2D eigenvalue weighted by molar-refractivity contribution is 0.838. The molecule has 0 fully saturated rings. The van der Waals surface area contributed by atoms with Gasteiger partial charge in [0.1, 0.15) is 8.07 Å². The first-order valence-electron chi connectivity index (χ1n) is 7.45. The van der Waals surface area contributed by atoms with Gasteiger partial charge in [-0.25, -0.2) is 0 Å². The van der Waals surface area contributed by atoms with Crippen LogP contribution in [0.2, 0.25) is 16.6 Å². The third kappa shape index (κ3) is 3.73. The van der Waals surface area contributed by atoms with Crippen LogP contribution in [0, 0.1) is 11.5 Å². The van der Waals surface area contributed by atoms with Gasteiger partial charge in [-0.2, -0.15) is 0 Å². The first kappa shape index (κ1) is 16.1. The molecule has 1 aromatic rings. The minimum absolute atomic E-state index is 0.718. The van der Waals surface area contributed by atoms with E-state index in [1.54, 1.807) is 0 Å². The molecule has 0 heterocycles. The molecule has 19 heavy (non-hydrogen) atoms. The second kappa shape index (κ2) is 6.96. The Morgan fingerprint density at radius 3 is 1.74 bits per heavy atom. The lowest BCUT2D eigenvalue weighted by atomic mass is 10.2. The van der Waals surface area contributed by atoms with Crippen LogP contribution in [0.15, 0.2) is 30.3 Å². The number of benzene rings is 1. The fourth-order valence-corrected chi connectivity index (χ4v) is 8.59. The Bertz CT molecular complexity index is 410. The van der Waals surface area contributed by atoms with Crippen molar-refractivity contribution in [1.29, 1.82) is 0 Å². The molecule has 0 radical (unpaired) electrons. The summed E-state index contributed by atoms with van der Waals surface area (Å²) in [5.41, 5.74) is 7.25. The average Bonchev–Trinajstić information content (AvgIpc) is 2.34. The molecule has 0 aliphatic rings. The zero-order valence-corrected chi connectivity index (χ0v) is 14.3. The van der Waals surface area contributed by atoms with Gasteiger partial charge in [0.05, 0.1) is 0 Å². The van der Waals surface area contributed by atoms with Crippen molar-refractivity contribution in [2.45, 2.75) is 64.6 Å². The Labute approximate surface area is 120 Å². The molecule has 0 saturated heterocycles. The van der Waals surface area contributed by atoms with E-state index < -0.39 is 8.07 Å². The van der Waals surface area contributed by atoms with Crippen molar-refractivity contribution in [2.24, 2.45) is 0 Å². The van der Waals surface area contributed by atoms with Crippen LogP contribution >= 0.6 is 0 Å². The molecule has 0 atom stereocenters. The van der Waals surface area contributed by atoms with Crippen molar-refractivity contribution in [1.82, 2.24) is 0 Å². The molecule has 0 nitrogen and oxygen atoms in total. The molecule has 0 aliphatic carbocycles. The molecule has 1 heteroatoms. The van der Waals surface area contributed by atoms with Gasteiger partial charge < -0.3 is 0 Å². The van der Waals surface area contributed by atoms with E-state index in [4.69, 9.17) is 0 Å². The van der Waals surface area contributed by atoms with E-state index in [-0.39, 0.29) is 0 Å². The van der Waals surface area contributed by atoms with Crippen molar-refractivity contribution in [3.63, 3.8) is 0 Å². The second-order valence-corrected chi connectivity index (χ2v) is 11.9. The van der Waals surface area contributed by atoms with Gasteiger partial charge in [-0.05, 0) is 22.2 Å². The molecule has 0 amide bonds. The zero-order valence-electron chi connectivity index (χ0n) is 13.3. The second-order valence-electron chi connectivity index (χ2n) is 6.36. The predicted molar refractivity (Wildman–Crippen MR) is 89.0 cm³/mol. The van der Waals surface area contributed by atoms with Gasteiger partial charge in [-0.3, -0.25) is 0 Å². The maximum Gasteiger partial charge on any atom is 0.145 e. The molecule has 0 spiro atoms. The van der Waals surface area contributed by atoms with E-state index in [1.807, 2.05) is 0 Å². The van der Waals surface area contributed by atoms with E-state index in [2.05, 4.69) is 83.3 Å². The highest BCUT2D eigenvalue weighted by Gasteiger charge is 2.41. The summed E-state index contributed by atoms with van der Waals surface area (Å²) in [6, 6.07) is 10.6. The molecule has 0 aromatic heterocycles. The van der Waals surface area contributed by atoms with E-state index in [9.17, 15) is 0 Å². The van der Waals surface area contributed by atoms with Gasteiger partial charge in [0.25, 0.3) is 0 Å². The topological polar surface area (TPSA) is 0 Å². The molecule has 0 unspecified atom stereocenters. The lowest BCUT2D eigenvalue weighted by Crippen LogP contribution is -2.43. The van der Waals surface area contributed by atoms with Crippen LogP contribution in [0.5, 0.6) is 0 Å². The molecular formula is C18H28Si. The molecule has 0 aliphatic heterocycles. The van der Waals surface area contributed by atoms with Gasteiger partial charge in [0.15, 0.2) is 0 Å². The Balaban J connectivity index is 2.97. The molecule has 1 aromatic carbocycles. The van der Waals surface area contributed by atoms with E-state index in [0.29, 0.717) is 0 Å². The fourth-order valence-electron chi connectivity index (χ4n) is 3.33. The van der Waals surface area contributed by atoms with Crippen molar-refractivity contribution in [3.8, 4) is 11.5 Å². The Morgan fingerprint density at radius 1 is 0.842 bits per heavy atom.